The van der Waals surface area contributed by atoms with Gasteiger partial charge in [-0.3, -0.25) is 9.59 Å². The molecule has 7 nitrogen and oxygen atoms in total. The number of hydrogen-bond donors (Lipinski definition) is 1. The molecular formula is C19H27N3O4. The van der Waals surface area contributed by atoms with E-state index in [1.165, 1.54) is 0 Å². The molecule has 2 aliphatic rings. The predicted molar refractivity (Wildman–Crippen MR) is 97.3 cm³/mol. The lowest BCUT2D eigenvalue weighted by atomic mass is 10.0. The molecule has 2 saturated heterocycles. The predicted octanol–water partition coefficient (Wildman–Crippen LogP) is 0.748. The van der Waals surface area contributed by atoms with Crippen LogP contribution in [0.4, 0.5) is 0 Å². The third-order valence-corrected chi connectivity index (χ3v) is 4.91. The minimum atomic E-state index is 0.0146. The molecule has 0 bridgehead atoms. The Morgan fingerprint density at radius 2 is 2.04 bits per heavy atom. The van der Waals surface area contributed by atoms with Crippen molar-refractivity contribution in [2.45, 2.75) is 18.9 Å². The van der Waals surface area contributed by atoms with Crippen LogP contribution in [0.5, 0.6) is 5.75 Å². The van der Waals surface area contributed by atoms with Crippen LogP contribution in [0.15, 0.2) is 24.3 Å². The number of ether oxygens (including phenoxy) is 2. The molecule has 26 heavy (non-hydrogen) atoms. The Morgan fingerprint density at radius 3 is 2.77 bits per heavy atom. The second-order valence-corrected chi connectivity index (χ2v) is 6.68. The minimum Gasteiger partial charge on any atom is -0.491 e. The smallest absolute Gasteiger partial charge is 0.253 e. The highest BCUT2D eigenvalue weighted by atomic mass is 16.5. The van der Waals surface area contributed by atoms with Crippen molar-refractivity contribution in [2.24, 2.45) is 0 Å². The topological polar surface area (TPSA) is 71.1 Å². The molecule has 2 amide bonds. The molecule has 0 radical (unpaired) electrons. The number of amides is 2. The molecule has 2 aliphatic heterocycles. The van der Waals surface area contributed by atoms with E-state index in [0.29, 0.717) is 31.9 Å². The van der Waals surface area contributed by atoms with Crippen LogP contribution in [0.3, 0.4) is 0 Å². The molecular weight excluding hydrogens is 334 g/mol. The summed E-state index contributed by atoms with van der Waals surface area (Å²) >= 11 is 0. The molecule has 0 spiro atoms. The van der Waals surface area contributed by atoms with Crippen LogP contribution >= 0.6 is 0 Å². The van der Waals surface area contributed by atoms with E-state index < -0.39 is 0 Å². The second kappa shape index (κ2) is 9.00. The lowest BCUT2D eigenvalue weighted by Crippen LogP contribution is -2.57. The van der Waals surface area contributed by atoms with Crippen LogP contribution in [-0.4, -0.2) is 80.7 Å². The van der Waals surface area contributed by atoms with Gasteiger partial charge in [-0.05, 0) is 37.1 Å². The Hall–Kier alpha value is -2.12. The van der Waals surface area contributed by atoms with Crippen molar-refractivity contribution in [2.75, 3.05) is 53.0 Å². The van der Waals surface area contributed by atoms with E-state index in [-0.39, 0.29) is 17.9 Å². The van der Waals surface area contributed by atoms with Gasteiger partial charge in [0.2, 0.25) is 5.91 Å². The number of nitrogens with one attached hydrogen (secondary N) is 1. The average molecular weight is 361 g/mol. The van der Waals surface area contributed by atoms with E-state index >= 15 is 0 Å². The number of piperidine rings is 1. The van der Waals surface area contributed by atoms with Crippen molar-refractivity contribution in [1.82, 2.24) is 15.1 Å². The Balaban J connectivity index is 1.59. The fourth-order valence-electron chi connectivity index (χ4n) is 3.52. The highest BCUT2D eigenvalue weighted by molar-refractivity contribution is 5.94. The lowest BCUT2D eigenvalue weighted by Gasteiger charge is -2.41. The third-order valence-electron chi connectivity index (χ3n) is 4.91. The summed E-state index contributed by atoms with van der Waals surface area (Å²) < 4.78 is 10.5. The van der Waals surface area contributed by atoms with Gasteiger partial charge in [0.05, 0.1) is 13.2 Å². The highest BCUT2D eigenvalue weighted by Crippen LogP contribution is 2.20. The molecule has 142 valence electrons. The molecule has 3 rings (SSSR count). The number of likely N-dealkylation sites (tertiary alicyclic amines) is 1. The monoisotopic (exact) mass is 361 g/mol. The van der Waals surface area contributed by atoms with E-state index in [1.807, 2.05) is 21.9 Å². The Morgan fingerprint density at radius 1 is 1.23 bits per heavy atom. The number of carbonyl (C=O) groups excluding carboxylic acids is 2. The number of piperazine rings is 1. The van der Waals surface area contributed by atoms with E-state index in [1.54, 1.807) is 19.2 Å². The van der Waals surface area contributed by atoms with E-state index in [9.17, 15) is 9.59 Å². The largest absolute Gasteiger partial charge is 0.491 e. The number of methoxy groups -OCH3 is 1. The first-order valence-corrected chi connectivity index (χ1v) is 9.20. The maximum Gasteiger partial charge on any atom is 0.253 e. The molecule has 7 heteroatoms. The number of hydrogen-bond acceptors (Lipinski definition) is 5. The summed E-state index contributed by atoms with van der Waals surface area (Å²) in [5, 5.41) is 3.10. The maximum absolute atomic E-state index is 12.8. The second-order valence-electron chi connectivity index (χ2n) is 6.68. The fourth-order valence-corrected chi connectivity index (χ4v) is 3.52. The van der Waals surface area contributed by atoms with Crippen LogP contribution < -0.4 is 10.1 Å². The Labute approximate surface area is 154 Å². The molecule has 0 saturated carbocycles. The van der Waals surface area contributed by atoms with Gasteiger partial charge in [0.25, 0.3) is 5.91 Å². The van der Waals surface area contributed by atoms with Gasteiger partial charge in [0.15, 0.2) is 0 Å². The van der Waals surface area contributed by atoms with Crippen molar-refractivity contribution in [1.29, 1.82) is 0 Å². The maximum atomic E-state index is 12.8. The van der Waals surface area contributed by atoms with Gasteiger partial charge >= 0.3 is 0 Å². The molecule has 0 aliphatic carbocycles. The minimum absolute atomic E-state index is 0.0146. The number of rotatable bonds is 6. The van der Waals surface area contributed by atoms with Gasteiger partial charge < -0.3 is 24.6 Å². The Bertz CT molecular complexity index is 620. The van der Waals surface area contributed by atoms with Gasteiger partial charge in [-0.15, -0.1) is 0 Å². The van der Waals surface area contributed by atoms with E-state index in [2.05, 4.69) is 5.32 Å². The molecule has 1 aromatic rings. The highest BCUT2D eigenvalue weighted by Gasteiger charge is 2.31. The third kappa shape index (κ3) is 4.53. The van der Waals surface area contributed by atoms with Crippen LogP contribution in [0, 0.1) is 0 Å². The Kier molecular flexibility index (Phi) is 6.46. The summed E-state index contributed by atoms with van der Waals surface area (Å²) in [6.07, 6.45) is 1.88. The number of nitrogens with zero attached hydrogens (tertiary/aromatic N) is 2. The number of carbonyl (C=O) groups is 2. The van der Waals surface area contributed by atoms with Crippen molar-refractivity contribution >= 4 is 11.8 Å². The summed E-state index contributed by atoms with van der Waals surface area (Å²) in [7, 11) is 1.63. The van der Waals surface area contributed by atoms with Crippen LogP contribution in [-0.2, 0) is 9.53 Å². The molecule has 1 atom stereocenters. The summed E-state index contributed by atoms with van der Waals surface area (Å²) in [6.45, 7) is 4.30. The lowest BCUT2D eigenvalue weighted by molar-refractivity contribution is -0.135. The van der Waals surface area contributed by atoms with Crippen molar-refractivity contribution in [3.8, 4) is 5.75 Å². The molecule has 2 heterocycles. The number of benzene rings is 1. The zero-order valence-corrected chi connectivity index (χ0v) is 15.3. The molecule has 1 aromatic carbocycles. The summed E-state index contributed by atoms with van der Waals surface area (Å²) in [5.41, 5.74) is 0.649. The summed E-state index contributed by atoms with van der Waals surface area (Å²) in [6, 6.07) is 7.33. The van der Waals surface area contributed by atoms with Crippen LogP contribution in [0.25, 0.3) is 0 Å². The van der Waals surface area contributed by atoms with Gasteiger partial charge in [0, 0.05) is 44.9 Å². The zero-order chi connectivity index (χ0) is 18.4. The first-order valence-electron chi connectivity index (χ1n) is 9.20. The van der Waals surface area contributed by atoms with Crippen molar-refractivity contribution in [3.05, 3.63) is 29.8 Å². The molecule has 0 aromatic heterocycles. The standard InChI is InChI=1S/C19H27N3O4/c1-25-11-12-26-17-6-4-15(5-7-17)19(24)21-9-2-3-16(14-21)22-10-8-20-13-18(22)23/h4-7,16,20H,2-3,8-14H2,1H3. The van der Waals surface area contributed by atoms with E-state index in [4.69, 9.17) is 9.47 Å². The summed E-state index contributed by atoms with van der Waals surface area (Å²) in [4.78, 5) is 28.8. The zero-order valence-electron chi connectivity index (χ0n) is 15.3. The molecule has 2 fully saturated rings. The average Bonchev–Trinajstić information content (AvgIpc) is 2.69. The van der Waals surface area contributed by atoms with Crippen LogP contribution in [0.2, 0.25) is 0 Å². The SMILES string of the molecule is COCCOc1ccc(C(=O)N2CCCC(N3CCNCC3=O)C2)cc1. The first-order chi connectivity index (χ1) is 12.7. The van der Waals surface area contributed by atoms with E-state index in [0.717, 1.165) is 38.2 Å². The van der Waals surface area contributed by atoms with Gasteiger partial charge in [-0.1, -0.05) is 0 Å². The fraction of sp³-hybridized carbons (Fsp3) is 0.579. The van der Waals surface area contributed by atoms with Crippen LogP contribution in [0.1, 0.15) is 23.2 Å². The quantitative estimate of drug-likeness (QED) is 0.757. The van der Waals surface area contributed by atoms with Crippen molar-refractivity contribution in [3.63, 3.8) is 0 Å². The summed E-state index contributed by atoms with van der Waals surface area (Å²) in [5.74, 6) is 0.871. The first kappa shape index (κ1) is 18.7. The van der Waals surface area contributed by atoms with Gasteiger partial charge in [-0.25, -0.2) is 0 Å². The normalized spacial score (nSPS) is 21.0. The molecule has 1 unspecified atom stereocenters. The van der Waals surface area contributed by atoms with Gasteiger partial charge in [-0.2, -0.15) is 0 Å². The van der Waals surface area contributed by atoms with Gasteiger partial charge in [0.1, 0.15) is 12.4 Å². The van der Waals surface area contributed by atoms with Crippen molar-refractivity contribution < 1.29 is 19.1 Å². The molecule has 1 N–H and O–H groups in total.